The van der Waals surface area contributed by atoms with Gasteiger partial charge in [-0.3, -0.25) is 0 Å². The summed E-state index contributed by atoms with van der Waals surface area (Å²) >= 11 is 0. The van der Waals surface area contributed by atoms with Crippen LogP contribution in [0.15, 0.2) is 23.1 Å². The fraction of sp³-hybridized carbons (Fsp3) is 0.538. The lowest BCUT2D eigenvalue weighted by Gasteiger charge is -2.37. The molecule has 0 amide bonds. The van der Waals surface area contributed by atoms with E-state index in [0.29, 0.717) is 13.0 Å². The molecule has 112 valence electrons. The van der Waals surface area contributed by atoms with Gasteiger partial charge in [-0.05, 0) is 31.5 Å². The van der Waals surface area contributed by atoms with Crippen LogP contribution in [0.2, 0.25) is 0 Å². The number of benzene rings is 1. The van der Waals surface area contributed by atoms with Gasteiger partial charge >= 0.3 is 0 Å². The summed E-state index contributed by atoms with van der Waals surface area (Å²) in [6, 6.07) is 3.14. The Bertz CT molecular complexity index is 571. The Morgan fingerprint density at radius 2 is 2.15 bits per heavy atom. The number of ether oxygens (including phenoxy) is 1. The minimum absolute atomic E-state index is 0.0953. The smallest absolute Gasteiger partial charge is 0.243 e. The van der Waals surface area contributed by atoms with Crippen LogP contribution in [0.3, 0.4) is 0 Å². The van der Waals surface area contributed by atoms with Crippen molar-refractivity contribution in [2.24, 2.45) is 0 Å². The number of hydrogen-bond donors (Lipinski definition) is 1. The number of sulfonamides is 1. The lowest BCUT2D eigenvalue weighted by molar-refractivity contribution is -0.0230. The van der Waals surface area contributed by atoms with Gasteiger partial charge in [0.15, 0.2) is 0 Å². The molecule has 1 saturated heterocycles. The van der Waals surface area contributed by atoms with Gasteiger partial charge in [0.1, 0.15) is 5.82 Å². The maximum atomic E-state index is 13.4. The largest absolute Gasteiger partial charge is 0.399 e. The van der Waals surface area contributed by atoms with Gasteiger partial charge < -0.3 is 10.5 Å². The molecule has 0 bridgehead atoms. The molecule has 7 heteroatoms. The van der Waals surface area contributed by atoms with E-state index in [4.69, 9.17) is 10.5 Å². The van der Waals surface area contributed by atoms with Gasteiger partial charge in [-0.25, -0.2) is 12.8 Å². The first-order valence-electron chi connectivity index (χ1n) is 6.54. The second-order valence-electron chi connectivity index (χ2n) is 5.00. The predicted octanol–water partition coefficient (Wildman–Crippen LogP) is 1.60. The monoisotopic (exact) mass is 302 g/mol. The Kier molecular flexibility index (Phi) is 4.31. The van der Waals surface area contributed by atoms with Crippen molar-refractivity contribution in [1.82, 2.24) is 4.31 Å². The number of rotatable bonds is 3. The van der Waals surface area contributed by atoms with Crippen LogP contribution in [-0.4, -0.2) is 38.0 Å². The number of halogens is 1. The zero-order valence-corrected chi connectivity index (χ0v) is 12.4. The lowest BCUT2D eigenvalue weighted by atomic mass is 10.2. The first kappa shape index (κ1) is 15.2. The topological polar surface area (TPSA) is 72.6 Å². The first-order valence-corrected chi connectivity index (χ1v) is 7.98. The van der Waals surface area contributed by atoms with Crippen LogP contribution < -0.4 is 5.73 Å². The fourth-order valence-electron chi connectivity index (χ4n) is 2.30. The molecule has 0 aromatic heterocycles. The third-order valence-electron chi connectivity index (χ3n) is 3.39. The van der Waals surface area contributed by atoms with Crippen LogP contribution in [0, 0.1) is 5.82 Å². The van der Waals surface area contributed by atoms with E-state index in [9.17, 15) is 12.8 Å². The number of hydrogen-bond acceptors (Lipinski definition) is 4. The number of anilines is 1. The van der Waals surface area contributed by atoms with Crippen molar-refractivity contribution in [3.63, 3.8) is 0 Å². The molecule has 5 nitrogen and oxygen atoms in total. The first-order chi connectivity index (χ1) is 9.34. The van der Waals surface area contributed by atoms with Crippen molar-refractivity contribution in [2.45, 2.75) is 37.3 Å². The van der Waals surface area contributed by atoms with Gasteiger partial charge in [0.05, 0.1) is 17.6 Å². The van der Waals surface area contributed by atoms with Gasteiger partial charge in [0, 0.05) is 18.3 Å². The Balaban J connectivity index is 2.41. The van der Waals surface area contributed by atoms with Gasteiger partial charge in [-0.15, -0.1) is 0 Å². The average molecular weight is 302 g/mol. The van der Waals surface area contributed by atoms with Crippen LogP contribution in [-0.2, 0) is 14.8 Å². The number of nitrogen functional groups attached to an aromatic ring is 1. The molecule has 1 aromatic rings. The quantitative estimate of drug-likeness (QED) is 0.861. The summed E-state index contributed by atoms with van der Waals surface area (Å²) in [6.07, 6.45) is 0.454. The highest BCUT2D eigenvalue weighted by molar-refractivity contribution is 7.89. The molecular formula is C13H19FN2O3S. The second-order valence-corrected chi connectivity index (χ2v) is 6.89. The average Bonchev–Trinajstić information content (AvgIpc) is 2.37. The van der Waals surface area contributed by atoms with Crippen molar-refractivity contribution in [1.29, 1.82) is 0 Å². The molecular weight excluding hydrogens is 283 g/mol. The van der Waals surface area contributed by atoms with Gasteiger partial charge in [0.2, 0.25) is 10.0 Å². The van der Waals surface area contributed by atoms with Crippen LogP contribution in [0.4, 0.5) is 10.1 Å². The molecule has 20 heavy (non-hydrogen) atoms. The van der Waals surface area contributed by atoms with Crippen molar-refractivity contribution < 1.29 is 17.5 Å². The molecule has 2 rings (SSSR count). The van der Waals surface area contributed by atoms with Gasteiger partial charge in [-0.2, -0.15) is 4.31 Å². The third-order valence-corrected chi connectivity index (χ3v) is 5.29. The SMILES string of the molecule is CCC1COC(C)CN1S(=O)(=O)c1cc(N)cc(F)c1. The summed E-state index contributed by atoms with van der Waals surface area (Å²) in [5.74, 6) is -0.655. The highest BCUT2D eigenvalue weighted by Crippen LogP contribution is 2.25. The predicted molar refractivity (Wildman–Crippen MR) is 74.2 cm³/mol. The minimum Gasteiger partial charge on any atom is -0.399 e. The maximum Gasteiger partial charge on any atom is 0.243 e. The Hall–Kier alpha value is -1.18. The summed E-state index contributed by atoms with van der Waals surface area (Å²) in [6.45, 7) is 4.32. The van der Waals surface area contributed by atoms with E-state index >= 15 is 0 Å². The van der Waals surface area contributed by atoms with Gasteiger partial charge in [-0.1, -0.05) is 6.92 Å². The fourth-order valence-corrected chi connectivity index (χ4v) is 4.12. The summed E-state index contributed by atoms with van der Waals surface area (Å²) in [7, 11) is -3.77. The van der Waals surface area contributed by atoms with E-state index in [2.05, 4.69) is 0 Å². The molecule has 0 radical (unpaired) electrons. The van der Waals surface area contributed by atoms with Crippen molar-refractivity contribution in [3.8, 4) is 0 Å². The molecule has 1 aromatic carbocycles. The summed E-state index contributed by atoms with van der Waals surface area (Å²) in [4.78, 5) is -0.109. The summed E-state index contributed by atoms with van der Waals surface area (Å²) in [5, 5.41) is 0. The summed E-state index contributed by atoms with van der Waals surface area (Å²) < 4.78 is 45.6. The molecule has 1 aliphatic heterocycles. The molecule has 0 spiro atoms. The Labute approximate surface area is 118 Å². The summed E-state index contributed by atoms with van der Waals surface area (Å²) in [5.41, 5.74) is 5.63. The van der Waals surface area contributed by atoms with Gasteiger partial charge in [0.25, 0.3) is 0 Å². The van der Waals surface area contributed by atoms with E-state index < -0.39 is 15.8 Å². The van der Waals surface area contributed by atoms with Crippen molar-refractivity contribution in [2.75, 3.05) is 18.9 Å². The molecule has 2 atom stereocenters. The third kappa shape index (κ3) is 2.94. The zero-order valence-electron chi connectivity index (χ0n) is 11.5. The lowest BCUT2D eigenvalue weighted by Crippen LogP contribution is -2.51. The molecule has 2 N–H and O–H groups in total. The van der Waals surface area contributed by atoms with E-state index in [1.807, 2.05) is 13.8 Å². The maximum absolute atomic E-state index is 13.4. The molecule has 2 unspecified atom stereocenters. The van der Waals surface area contributed by atoms with Crippen LogP contribution in [0.25, 0.3) is 0 Å². The standard InChI is InChI=1S/C13H19FN2O3S/c1-3-12-8-19-9(2)7-16(12)20(17,18)13-5-10(14)4-11(15)6-13/h4-6,9,12H,3,7-8,15H2,1-2H3. The molecule has 0 saturated carbocycles. The van der Waals surface area contributed by atoms with Crippen molar-refractivity contribution >= 4 is 15.7 Å². The normalized spacial score (nSPS) is 24.8. The van der Waals surface area contributed by atoms with Crippen LogP contribution in [0.1, 0.15) is 20.3 Å². The molecule has 1 fully saturated rings. The molecule has 1 heterocycles. The minimum atomic E-state index is -3.77. The Morgan fingerprint density at radius 3 is 2.75 bits per heavy atom. The highest BCUT2D eigenvalue weighted by atomic mass is 32.2. The second kappa shape index (κ2) is 5.67. The number of nitrogens with zero attached hydrogens (tertiary/aromatic N) is 1. The van der Waals surface area contributed by atoms with Crippen LogP contribution in [0.5, 0.6) is 0 Å². The number of morpholine rings is 1. The number of nitrogens with two attached hydrogens (primary N) is 1. The van der Waals surface area contributed by atoms with E-state index in [1.54, 1.807) is 0 Å². The van der Waals surface area contributed by atoms with Crippen molar-refractivity contribution in [3.05, 3.63) is 24.0 Å². The zero-order chi connectivity index (χ0) is 14.9. The van der Waals surface area contributed by atoms with Crippen LogP contribution >= 0.6 is 0 Å². The van der Waals surface area contributed by atoms with E-state index in [1.165, 1.54) is 10.4 Å². The molecule has 0 aliphatic carbocycles. The highest BCUT2D eigenvalue weighted by Gasteiger charge is 2.35. The van der Waals surface area contributed by atoms with E-state index in [-0.39, 0.29) is 29.3 Å². The van der Waals surface area contributed by atoms with E-state index in [0.717, 1.165) is 12.1 Å². The molecule has 1 aliphatic rings. The Morgan fingerprint density at radius 1 is 1.45 bits per heavy atom.